The molecule has 0 radical (unpaired) electrons. The standard InChI is InChI=1S/C65H74N3O.Pt/c1-39(2)50-20-18-21-51(40(3)4)58(50)44-26-29-56(41(5)32-44)68-57-23-19-22-52(59(57)67-61(68)53-37-49(64(12,13)14)38-54(60(53)69)65(15,16)17)45-33-46(35-48(34-45)63(9,10)11)55-36-43(30-31-66-55)42-24-27-47(28-25-42)62(6,7)8;/h18-32,34-40,69H,1-17H3;/q-1;/i5D3,6D3,7D3,8D3,39D,40D;. The van der Waals surface area contributed by atoms with Crippen LogP contribution in [0.25, 0.3) is 72.7 Å². The molecule has 0 saturated heterocycles. The zero-order valence-electron chi connectivity index (χ0n) is 56.7. The Balaban J connectivity index is 0.0000101. The molecule has 0 aliphatic rings. The molecule has 0 aliphatic carbocycles. The van der Waals surface area contributed by atoms with E-state index in [-0.39, 0.29) is 37.9 Å². The van der Waals surface area contributed by atoms with Crippen LogP contribution in [0.5, 0.6) is 5.75 Å². The van der Waals surface area contributed by atoms with Crippen LogP contribution in [0.3, 0.4) is 0 Å². The largest absolute Gasteiger partial charge is 0.507 e. The van der Waals surface area contributed by atoms with E-state index in [4.69, 9.17) is 22.3 Å². The third-order valence-corrected chi connectivity index (χ3v) is 13.1. The second-order valence-electron chi connectivity index (χ2n) is 22.0. The maximum absolute atomic E-state index is 12.6. The Morgan fingerprint density at radius 3 is 1.81 bits per heavy atom. The summed E-state index contributed by atoms with van der Waals surface area (Å²) in [4.78, 5) is 10.3. The van der Waals surface area contributed by atoms with Gasteiger partial charge in [-0.25, -0.2) is 4.98 Å². The first-order valence-corrected chi connectivity index (χ1v) is 23.6. The number of aromatic hydroxyl groups is 1. The first-order valence-electron chi connectivity index (χ1n) is 30.6. The van der Waals surface area contributed by atoms with Gasteiger partial charge in [0.05, 0.1) is 22.3 Å². The van der Waals surface area contributed by atoms with Crippen molar-refractivity contribution in [3.63, 3.8) is 0 Å². The molecular weight excluding hydrogens is 1030 g/mol. The molecule has 8 aromatic rings. The molecule has 0 aliphatic heterocycles. The molecule has 2 heterocycles. The van der Waals surface area contributed by atoms with E-state index in [9.17, 15) is 12.0 Å². The number of aromatic nitrogens is 3. The van der Waals surface area contributed by atoms with E-state index in [0.717, 1.165) is 11.1 Å². The monoisotopic (exact) mass is 1120 g/mol. The molecule has 6 aromatic carbocycles. The third-order valence-electron chi connectivity index (χ3n) is 13.1. The van der Waals surface area contributed by atoms with Crippen LogP contribution in [0.2, 0.25) is 0 Å². The van der Waals surface area contributed by atoms with Crippen molar-refractivity contribution in [2.24, 2.45) is 0 Å². The summed E-state index contributed by atoms with van der Waals surface area (Å²) in [7, 11) is 0. The molecule has 0 saturated carbocycles. The fourth-order valence-electron chi connectivity index (χ4n) is 9.09. The van der Waals surface area contributed by atoms with Crippen molar-refractivity contribution >= 4 is 11.0 Å². The second kappa shape index (κ2) is 19.2. The minimum Gasteiger partial charge on any atom is -0.507 e. The molecular formula is C65H74N3OPt-. The van der Waals surface area contributed by atoms with Crippen LogP contribution >= 0.6 is 0 Å². The average Bonchev–Trinajstić information content (AvgIpc) is 0.958. The number of pyridine rings is 1. The summed E-state index contributed by atoms with van der Waals surface area (Å²) in [5.41, 5.74) is 5.37. The topological polar surface area (TPSA) is 50.9 Å². The van der Waals surface area contributed by atoms with Gasteiger partial charge in [-0.05, 0) is 121 Å². The Morgan fingerprint density at radius 2 is 1.21 bits per heavy atom. The molecule has 0 amide bonds. The summed E-state index contributed by atoms with van der Waals surface area (Å²) in [6.07, 6.45) is 1.61. The molecule has 8 rings (SSSR count). The molecule has 0 spiro atoms. The average molecular weight is 1120 g/mol. The fourth-order valence-corrected chi connectivity index (χ4v) is 9.09. The summed E-state index contributed by atoms with van der Waals surface area (Å²) in [6, 6.07) is 37.2. The molecule has 0 fully saturated rings. The van der Waals surface area contributed by atoms with E-state index in [0.29, 0.717) is 89.4 Å². The molecule has 0 bridgehead atoms. The van der Waals surface area contributed by atoms with Gasteiger partial charge in [0.25, 0.3) is 0 Å². The minimum absolute atomic E-state index is 0. The van der Waals surface area contributed by atoms with Crippen molar-refractivity contribution in [1.82, 2.24) is 14.5 Å². The number of para-hydroxylation sites is 1. The first-order chi connectivity index (χ1) is 37.8. The summed E-state index contributed by atoms with van der Waals surface area (Å²) < 4.78 is 122. The van der Waals surface area contributed by atoms with Crippen molar-refractivity contribution < 1.29 is 45.4 Å². The Hall–Kier alpha value is -5.57. The smallest absolute Gasteiger partial charge is 0.148 e. The van der Waals surface area contributed by atoms with Crippen molar-refractivity contribution in [2.45, 2.75) is 151 Å². The Morgan fingerprint density at radius 1 is 0.600 bits per heavy atom. The number of rotatable bonds is 8. The van der Waals surface area contributed by atoms with Gasteiger partial charge in [-0.2, -0.15) is 0 Å². The van der Waals surface area contributed by atoms with Crippen molar-refractivity contribution in [1.29, 1.82) is 0 Å². The van der Waals surface area contributed by atoms with Crippen molar-refractivity contribution in [3.8, 4) is 67.5 Å². The number of nitrogens with zero attached hydrogens (tertiary/aromatic N) is 3. The van der Waals surface area contributed by atoms with Crippen LogP contribution in [0.1, 0.15) is 180 Å². The summed E-state index contributed by atoms with van der Waals surface area (Å²) in [6.45, 7) is 12.8. The number of hydrogen-bond donors (Lipinski definition) is 1. The quantitative estimate of drug-likeness (QED) is 0.154. The molecule has 0 unspecified atom stereocenters. The summed E-state index contributed by atoms with van der Waals surface area (Å²) >= 11 is 0. The molecule has 0 atom stereocenters. The van der Waals surface area contributed by atoms with E-state index in [1.165, 1.54) is 24.3 Å². The van der Waals surface area contributed by atoms with Crippen LogP contribution in [-0.4, -0.2) is 19.6 Å². The predicted molar refractivity (Wildman–Crippen MR) is 294 cm³/mol. The van der Waals surface area contributed by atoms with Gasteiger partial charge < -0.3 is 5.11 Å². The Bertz CT molecular complexity index is 3710. The van der Waals surface area contributed by atoms with E-state index in [1.54, 1.807) is 52.1 Å². The number of fused-ring (bicyclic) bond motifs is 1. The van der Waals surface area contributed by atoms with E-state index in [2.05, 4.69) is 47.6 Å². The second-order valence-corrected chi connectivity index (χ2v) is 22.0. The van der Waals surface area contributed by atoms with Crippen LogP contribution < -0.4 is 0 Å². The molecule has 2 aromatic heterocycles. The summed E-state index contributed by atoms with van der Waals surface area (Å²) in [5.74, 6) is -1.93. The number of phenols is 1. The minimum atomic E-state index is -3.41. The molecule has 1 N–H and O–H groups in total. The molecule has 4 nitrogen and oxygen atoms in total. The van der Waals surface area contributed by atoms with Crippen molar-refractivity contribution in [2.75, 3.05) is 0 Å². The maximum Gasteiger partial charge on any atom is 0.148 e. The van der Waals surface area contributed by atoms with Crippen LogP contribution in [0.4, 0.5) is 0 Å². The van der Waals surface area contributed by atoms with Crippen molar-refractivity contribution in [3.05, 3.63) is 166 Å². The van der Waals surface area contributed by atoms with Gasteiger partial charge in [0.15, 0.2) is 0 Å². The number of imidazole rings is 1. The molecule has 70 heavy (non-hydrogen) atoms. The van der Waals surface area contributed by atoms with Gasteiger partial charge in [0, 0.05) is 57.7 Å². The maximum atomic E-state index is 12.6. The number of hydrogen-bond acceptors (Lipinski definition) is 3. The number of phenolic OH excluding ortho intramolecular Hbond substituents is 1. The normalized spacial score (nSPS) is 16.5. The van der Waals surface area contributed by atoms with Gasteiger partial charge in [-0.15, -0.1) is 29.3 Å². The zero-order chi connectivity index (χ0) is 62.0. The Labute approximate surface area is 454 Å². The van der Waals surface area contributed by atoms with Gasteiger partial charge >= 0.3 is 0 Å². The number of benzene rings is 6. The number of aryl methyl sites for hydroxylation is 1. The predicted octanol–water partition coefficient (Wildman–Crippen LogP) is 18.0. The van der Waals surface area contributed by atoms with Gasteiger partial charge in [-0.3, -0.25) is 9.55 Å². The third kappa shape index (κ3) is 10.3. The molecule has 5 heteroatoms. The van der Waals surface area contributed by atoms with Gasteiger partial charge in [0.1, 0.15) is 11.6 Å². The van der Waals surface area contributed by atoms with E-state index < -0.39 is 60.9 Å². The van der Waals surface area contributed by atoms with Crippen LogP contribution in [0, 0.1) is 12.9 Å². The SMILES string of the molecule is [2H]C([2H])([2H])c1cc(-c2c(C([2H])(C)C)cccc2C([2H])(C)C)ccc1-n1c(-c2cc(C(C)(C)C)cc(C(C)(C)C)c2O)nc2c(-c3[c-]c(-c4cc(-c5ccc(C(C([2H])([2H])[2H])(C([2H])([2H])[2H])C([2H])([2H])[2H])cc5)ccn4)cc(C(C)(C)C)c3)cccc21.[Pt]. The van der Waals surface area contributed by atoms with E-state index in [1.807, 2.05) is 98.1 Å². The van der Waals surface area contributed by atoms with Gasteiger partial charge in [0.2, 0.25) is 0 Å². The fraction of sp³-hybridized carbons (Fsp3) is 0.354. The van der Waals surface area contributed by atoms with Crippen LogP contribution in [0.15, 0.2) is 121 Å². The first kappa shape index (κ1) is 36.4. The van der Waals surface area contributed by atoms with E-state index >= 15 is 0 Å². The summed E-state index contributed by atoms with van der Waals surface area (Å²) in [5, 5.41) is 12.6. The van der Waals surface area contributed by atoms with Gasteiger partial charge in [-0.1, -0.05) is 194 Å². The zero-order valence-corrected chi connectivity index (χ0v) is 44.9. The Kier molecular flexibility index (Phi) is 9.98. The molecule has 366 valence electrons. The van der Waals surface area contributed by atoms with Crippen LogP contribution in [-0.2, 0) is 42.7 Å².